The molecule has 0 heterocycles. The van der Waals surface area contributed by atoms with Crippen LogP contribution in [0.2, 0.25) is 0 Å². The van der Waals surface area contributed by atoms with Crippen molar-refractivity contribution < 1.29 is 9.90 Å². The molecule has 1 rings (SSSR count). The van der Waals surface area contributed by atoms with Crippen LogP contribution in [0.1, 0.15) is 18.9 Å². The highest BCUT2D eigenvalue weighted by Crippen LogP contribution is 2.11. The molecule has 0 aliphatic rings. The van der Waals surface area contributed by atoms with Crippen LogP contribution in [-0.2, 0) is 11.4 Å². The molecule has 0 spiro atoms. The lowest BCUT2D eigenvalue weighted by Crippen LogP contribution is -2.20. The molecule has 4 heteroatoms. The molecule has 0 aliphatic heterocycles. The summed E-state index contributed by atoms with van der Waals surface area (Å²) >= 11 is 0. The molecular formula is C12H14N2O2. The molecule has 1 atom stereocenters. The summed E-state index contributed by atoms with van der Waals surface area (Å²) in [6, 6.07) is 8.80. The molecule has 0 saturated carbocycles. The van der Waals surface area contributed by atoms with Crippen LogP contribution >= 0.6 is 0 Å². The van der Waals surface area contributed by atoms with Crippen molar-refractivity contribution in [3.8, 4) is 6.07 Å². The summed E-state index contributed by atoms with van der Waals surface area (Å²) in [5.74, 6) is -0.903. The number of carbonyl (C=O) groups excluding carboxylic acids is 1. The molecule has 0 radical (unpaired) electrons. The fraction of sp³-hybridized carbons (Fsp3) is 0.333. The van der Waals surface area contributed by atoms with Crippen molar-refractivity contribution in [2.75, 3.05) is 5.32 Å². The third kappa shape index (κ3) is 3.07. The Hall–Kier alpha value is -1.86. The molecule has 84 valence electrons. The molecule has 1 amide bonds. The van der Waals surface area contributed by atoms with E-state index in [4.69, 9.17) is 10.4 Å². The summed E-state index contributed by atoms with van der Waals surface area (Å²) in [6.07, 6.45) is 0.497. The van der Waals surface area contributed by atoms with Crippen molar-refractivity contribution in [1.29, 1.82) is 5.26 Å². The number of nitrogens with one attached hydrogen (secondary N) is 1. The van der Waals surface area contributed by atoms with Gasteiger partial charge >= 0.3 is 0 Å². The lowest BCUT2D eigenvalue weighted by Gasteiger charge is -2.08. The number of benzene rings is 1. The van der Waals surface area contributed by atoms with E-state index in [1.807, 2.05) is 6.07 Å². The molecule has 2 N–H and O–H groups in total. The maximum Gasteiger partial charge on any atom is 0.241 e. The van der Waals surface area contributed by atoms with E-state index in [2.05, 4.69) is 5.32 Å². The average molecular weight is 218 g/mol. The van der Waals surface area contributed by atoms with Gasteiger partial charge in [0.15, 0.2) is 0 Å². The summed E-state index contributed by atoms with van der Waals surface area (Å²) in [5.41, 5.74) is 1.42. The van der Waals surface area contributed by atoms with E-state index in [1.165, 1.54) is 0 Å². The summed E-state index contributed by atoms with van der Waals surface area (Å²) < 4.78 is 0. The molecule has 0 bridgehead atoms. The maximum atomic E-state index is 11.5. The largest absolute Gasteiger partial charge is 0.392 e. The zero-order chi connectivity index (χ0) is 12.0. The number of carbonyl (C=O) groups is 1. The number of rotatable bonds is 4. The maximum absolute atomic E-state index is 11.5. The first-order valence-electron chi connectivity index (χ1n) is 5.11. The lowest BCUT2D eigenvalue weighted by molar-refractivity contribution is -0.118. The molecule has 0 aromatic heterocycles. The van der Waals surface area contributed by atoms with Gasteiger partial charge in [-0.05, 0) is 24.1 Å². The molecule has 4 nitrogen and oxygen atoms in total. The van der Waals surface area contributed by atoms with Crippen molar-refractivity contribution in [3.05, 3.63) is 29.8 Å². The number of aliphatic hydroxyl groups excluding tert-OH is 1. The molecule has 1 unspecified atom stereocenters. The lowest BCUT2D eigenvalue weighted by atomic mass is 10.1. The van der Waals surface area contributed by atoms with Crippen molar-refractivity contribution >= 4 is 11.6 Å². The fourth-order valence-corrected chi connectivity index (χ4v) is 1.26. The topological polar surface area (TPSA) is 73.1 Å². The van der Waals surface area contributed by atoms with Crippen molar-refractivity contribution in [1.82, 2.24) is 0 Å². The minimum absolute atomic E-state index is 0.0238. The highest BCUT2D eigenvalue weighted by molar-refractivity contribution is 5.94. The van der Waals surface area contributed by atoms with Gasteiger partial charge in [-0.25, -0.2) is 0 Å². The van der Waals surface area contributed by atoms with Crippen LogP contribution in [0.15, 0.2) is 24.3 Å². The molecule has 0 saturated heterocycles. The van der Waals surface area contributed by atoms with Gasteiger partial charge in [-0.3, -0.25) is 4.79 Å². The minimum atomic E-state index is -0.613. The van der Waals surface area contributed by atoms with Crippen LogP contribution in [0.25, 0.3) is 0 Å². The van der Waals surface area contributed by atoms with E-state index in [-0.39, 0.29) is 12.5 Å². The molecule has 1 aromatic carbocycles. The standard InChI is InChI=1S/C12H14N2O2/c1-2-10(7-13)12(16)14-11-5-3-9(8-15)4-6-11/h3-6,10,15H,2,8H2,1H3,(H,14,16). The Labute approximate surface area is 94.5 Å². The second-order valence-electron chi connectivity index (χ2n) is 3.43. The van der Waals surface area contributed by atoms with Gasteiger partial charge in [-0.15, -0.1) is 0 Å². The number of hydrogen-bond donors (Lipinski definition) is 2. The smallest absolute Gasteiger partial charge is 0.241 e. The van der Waals surface area contributed by atoms with Crippen molar-refractivity contribution in [2.45, 2.75) is 20.0 Å². The second-order valence-corrected chi connectivity index (χ2v) is 3.43. The van der Waals surface area contributed by atoms with Gasteiger partial charge in [0.25, 0.3) is 0 Å². The number of hydrogen-bond acceptors (Lipinski definition) is 3. The zero-order valence-corrected chi connectivity index (χ0v) is 9.10. The van der Waals surface area contributed by atoms with E-state index in [0.717, 1.165) is 5.56 Å². The molecule has 1 aromatic rings. The summed E-state index contributed by atoms with van der Waals surface area (Å²) in [4.78, 5) is 11.5. The number of nitrogens with zero attached hydrogens (tertiary/aromatic N) is 1. The molecule has 0 aliphatic carbocycles. The Morgan fingerprint density at radius 3 is 2.56 bits per heavy atom. The molecule has 0 fully saturated rings. The van der Waals surface area contributed by atoms with Gasteiger partial charge < -0.3 is 10.4 Å². The zero-order valence-electron chi connectivity index (χ0n) is 9.10. The van der Waals surface area contributed by atoms with E-state index in [0.29, 0.717) is 12.1 Å². The van der Waals surface area contributed by atoms with E-state index < -0.39 is 5.92 Å². The van der Waals surface area contributed by atoms with Gasteiger partial charge in [0, 0.05) is 5.69 Å². The first-order chi connectivity index (χ1) is 7.71. The predicted octanol–water partition coefficient (Wildman–Crippen LogP) is 1.67. The number of aliphatic hydroxyl groups is 1. The number of nitriles is 1. The highest BCUT2D eigenvalue weighted by Gasteiger charge is 2.14. The SMILES string of the molecule is CCC(C#N)C(=O)Nc1ccc(CO)cc1. The highest BCUT2D eigenvalue weighted by atomic mass is 16.3. The van der Waals surface area contributed by atoms with Crippen molar-refractivity contribution in [3.63, 3.8) is 0 Å². The van der Waals surface area contributed by atoms with Gasteiger partial charge in [0.05, 0.1) is 12.7 Å². The minimum Gasteiger partial charge on any atom is -0.392 e. The normalized spacial score (nSPS) is 11.6. The fourth-order valence-electron chi connectivity index (χ4n) is 1.26. The monoisotopic (exact) mass is 218 g/mol. The van der Waals surface area contributed by atoms with Crippen LogP contribution < -0.4 is 5.32 Å². The Balaban J connectivity index is 2.66. The van der Waals surface area contributed by atoms with Crippen LogP contribution in [0.4, 0.5) is 5.69 Å². The van der Waals surface area contributed by atoms with Crippen molar-refractivity contribution in [2.24, 2.45) is 5.92 Å². The number of amides is 1. The number of anilines is 1. The Morgan fingerprint density at radius 2 is 2.12 bits per heavy atom. The van der Waals surface area contributed by atoms with Gasteiger partial charge in [0.1, 0.15) is 5.92 Å². The average Bonchev–Trinajstić information content (AvgIpc) is 2.31. The molecule has 16 heavy (non-hydrogen) atoms. The quantitative estimate of drug-likeness (QED) is 0.807. The second kappa shape index (κ2) is 5.89. The third-order valence-electron chi connectivity index (χ3n) is 2.28. The Bertz CT molecular complexity index is 392. The van der Waals surface area contributed by atoms with E-state index in [1.54, 1.807) is 31.2 Å². The third-order valence-corrected chi connectivity index (χ3v) is 2.28. The predicted molar refractivity (Wildman–Crippen MR) is 60.4 cm³/mol. The van der Waals surface area contributed by atoms with Crippen LogP contribution in [0.3, 0.4) is 0 Å². The Morgan fingerprint density at radius 1 is 1.50 bits per heavy atom. The van der Waals surface area contributed by atoms with Crippen LogP contribution in [-0.4, -0.2) is 11.0 Å². The summed E-state index contributed by atoms with van der Waals surface area (Å²) in [5, 5.41) is 20.2. The summed E-state index contributed by atoms with van der Waals surface area (Å²) in [7, 11) is 0. The van der Waals surface area contributed by atoms with Crippen LogP contribution in [0, 0.1) is 17.2 Å². The molecular weight excluding hydrogens is 204 g/mol. The first kappa shape index (κ1) is 12.2. The van der Waals surface area contributed by atoms with Crippen LogP contribution in [0.5, 0.6) is 0 Å². The summed E-state index contributed by atoms with van der Waals surface area (Å²) in [6.45, 7) is 1.77. The Kier molecular flexibility index (Phi) is 4.49. The van der Waals surface area contributed by atoms with Gasteiger partial charge in [-0.2, -0.15) is 5.26 Å². The van der Waals surface area contributed by atoms with Gasteiger partial charge in [-0.1, -0.05) is 19.1 Å². The van der Waals surface area contributed by atoms with Gasteiger partial charge in [0.2, 0.25) is 5.91 Å². The van der Waals surface area contributed by atoms with E-state index in [9.17, 15) is 4.79 Å². The van der Waals surface area contributed by atoms with E-state index >= 15 is 0 Å². The first-order valence-corrected chi connectivity index (χ1v) is 5.11.